The van der Waals surface area contributed by atoms with E-state index in [9.17, 15) is 14.3 Å². The van der Waals surface area contributed by atoms with Crippen molar-refractivity contribution in [3.63, 3.8) is 0 Å². The number of hydrogen-bond acceptors (Lipinski definition) is 4. The highest BCUT2D eigenvalue weighted by Gasteiger charge is 2.11. The number of hydrogen-bond donors (Lipinski definition) is 1. The van der Waals surface area contributed by atoms with Crippen molar-refractivity contribution in [1.82, 2.24) is 9.55 Å². The molecule has 0 aliphatic rings. The standard InChI is InChI=1S/C21H17FN2O3/c22-15-8-9-18-19(10-15)23-13-24(21(18)26)11-16(25)12-27-20-7-3-5-14-4-1-2-6-17(14)20/h1-10,13,16,25H,11-12H2. The van der Waals surface area contributed by atoms with E-state index in [1.54, 1.807) is 0 Å². The van der Waals surface area contributed by atoms with E-state index < -0.39 is 11.9 Å². The van der Waals surface area contributed by atoms with Gasteiger partial charge in [-0.3, -0.25) is 9.36 Å². The van der Waals surface area contributed by atoms with Gasteiger partial charge in [-0.2, -0.15) is 0 Å². The Bertz CT molecular complexity index is 1170. The summed E-state index contributed by atoms with van der Waals surface area (Å²) in [6, 6.07) is 17.4. The Hall–Kier alpha value is -3.25. The molecule has 0 amide bonds. The fourth-order valence-corrected chi connectivity index (χ4v) is 3.05. The van der Waals surface area contributed by atoms with Crippen LogP contribution in [0.15, 0.2) is 71.8 Å². The topological polar surface area (TPSA) is 64.4 Å². The number of fused-ring (bicyclic) bond motifs is 2. The third-order valence-corrected chi connectivity index (χ3v) is 4.38. The van der Waals surface area contributed by atoms with E-state index in [2.05, 4.69) is 4.98 Å². The molecule has 0 aliphatic heterocycles. The lowest BCUT2D eigenvalue weighted by Crippen LogP contribution is -2.30. The average Bonchev–Trinajstić information content (AvgIpc) is 2.68. The van der Waals surface area contributed by atoms with E-state index in [0.717, 1.165) is 10.8 Å². The summed E-state index contributed by atoms with van der Waals surface area (Å²) in [6.07, 6.45) is 0.409. The molecule has 0 fully saturated rings. The first kappa shape index (κ1) is 17.2. The van der Waals surface area contributed by atoms with Crippen molar-refractivity contribution in [2.24, 2.45) is 0 Å². The summed E-state index contributed by atoms with van der Waals surface area (Å²) in [5, 5.41) is 12.6. The highest BCUT2D eigenvalue weighted by molar-refractivity contribution is 5.88. The zero-order valence-electron chi connectivity index (χ0n) is 14.4. The van der Waals surface area contributed by atoms with Crippen LogP contribution >= 0.6 is 0 Å². The summed E-state index contributed by atoms with van der Waals surface area (Å²) >= 11 is 0. The number of nitrogens with zero attached hydrogens (tertiary/aromatic N) is 2. The van der Waals surface area contributed by atoms with Crippen LogP contribution in [-0.2, 0) is 6.54 Å². The van der Waals surface area contributed by atoms with Crippen molar-refractivity contribution in [1.29, 1.82) is 0 Å². The van der Waals surface area contributed by atoms with Gasteiger partial charge in [0.1, 0.15) is 24.3 Å². The van der Waals surface area contributed by atoms with Gasteiger partial charge in [0.2, 0.25) is 0 Å². The zero-order valence-corrected chi connectivity index (χ0v) is 14.4. The van der Waals surface area contributed by atoms with Gasteiger partial charge in [-0.1, -0.05) is 36.4 Å². The molecule has 4 rings (SSSR count). The molecule has 1 unspecified atom stereocenters. The fraction of sp³-hybridized carbons (Fsp3) is 0.143. The molecule has 1 atom stereocenters. The van der Waals surface area contributed by atoms with Gasteiger partial charge >= 0.3 is 0 Å². The second kappa shape index (κ2) is 7.17. The first-order valence-electron chi connectivity index (χ1n) is 8.55. The number of ether oxygens (including phenoxy) is 1. The molecule has 6 heteroatoms. The molecule has 3 aromatic carbocycles. The quantitative estimate of drug-likeness (QED) is 0.591. The predicted molar refractivity (Wildman–Crippen MR) is 101 cm³/mol. The molecule has 1 N–H and O–H groups in total. The first-order chi connectivity index (χ1) is 13.1. The first-order valence-corrected chi connectivity index (χ1v) is 8.55. The predicted octanol–water partition coefficient (Wildman–Crippen LogP) is 3.13. The smallest absolute Gasteiger partial charge is 0.261 e. The Kier molecular flexibility index (Phi) is 4.56. The molecular weight excluding hydrogens is 347 g/mol. The van der Waals surface area contributed by atoms with Gasteiger partial charge in [-0.15, -0.1) is 0 Å². The van der Waals surface area contributed by atoms with Gasteiger partial charge < -0.3 is 9.84 Å². The normalized spacial score (nSPS) is 12.4. The third kappa shape index (κ3) is 3.52. The number of aliphatic hydroxyl groups is 1. The Labute approximate surface area is 154 Å². The molecule has 4 aromatic rings. The summed E-state index contributed by atoms with van der Waals surface area (Å²) in [5.74, 6) is 0.224. The summed E-state index contributed by atoms with van der Waals surface area (Å²) in [4.78, 5) is 16.6. The van der Waals surface area contributed by atoms with Crippen LogP contribution in [0.25, 0.3) is 21.7 Å². The maximum absolute atomic E-state index is 13.2. The second-order valence-electron chi connectivity index (χ2n) is 6.31. The largest absolute Gasteiger partial charge is 0.490 e. The van der Waals surface area contributed by atoms with Gasteiger partial charge in [0.15, 0.2) is 0 Å². The van der Waals surface area contributed by atoms with E-state index in [0.29, 0.717) is 11.1 Å². The molecule has 0 bridgehead atoms. The molecule has 0 aliphatic carbocycles. The van der Waals surface area contributed by atoms with Crippen molar-refractivity contribution < 1.29 is 14.2 Å². The Morgan fingerprint density at radius 1 is 1.07 bits per heavy atom. The summed E-state index contributed by atoms with van der Waals surface area (Å²) in [5.41, 5.74) is -0.0399. The molecule has 0 saturated heterocycles. The molecule has 0 saturated carbocycles. The van der Waals surface area contributed by atoms with Gasteiger partial charge in [0, 0.05) is 11.5 Å². The minimum absolute atomic E-state index is 0.0297. The van der Waals surface area contributed by atoms with E-state index in [-0.39, 0.29) is 24.2 Å². The minimum Gasteiger partial charge on any atom is -0.490 e. The number of aromatic nitrogens is 2. The van der Waals surface area contributed by atoms with Gasteiger partial charge in [0.05, 0.1) is 23.8 Å². The van der Waals surface area contributed by atoms with Gasteiger partial charge in [-0.05, 0) is 23.6 Å². The second-order valence-corrected chi connectivity index (χ2v) is 6.31. The number of halogens is 1. The van der Waals surface area contributed by atoms with Crippen LogP contribution in [0.1, 0.15) is 0 Å². The molecule has 0 spiro atoms. The summed E-state index contributed by atoms with van der Waals surface area (Å²) < 4.78 is 20.3. The Morgan fingerprint density at radius 3 is 2.78 bits per heavy atom. The van der Waals surface area contributed by atoms with Crippen LogP contribution in [0, 0.1) is 5.82 Å². The minimum atomic E-state index is -0.902. The molecular formula is C21H17FN2O3. The average molecular weight is 364 g/mol. The summed E-state index contributed by atoms with van der Waals surface area (Å²) in [6.45, 7) is 0.0613. The lowest BCUT2D eigenvalue weighted by molar-refractivity contribution is 0.0922. The van der Waals surface area contributed by atoms with Gasteiger partial charge in [-0.25, -0.2) is 9.37 Å². The van der Waals surface area contributed by atoms with Gasteiger partial charge in [0.25, 0.3) is 5.56 Å². The third-order valence-electron chi connectivity index (χ3n) is 4.38. The number of aliphatic hydroxyl groups excluding tert-OH is 1. The van der Waals surface area contributed by atoms with E-state index in [1.807, 2.05) is 42.5 Å². The SMILES string of the molecule is O=c1c2ccc(F)cc2ncn1CC(O)COc1cccc2ccccc12. The molecule has 1 heterocycles. The lowest BCUT2D eigenvalue weighted by atomic mass is 10.1. The van der Waals surface area contributed by atoms with E-state index in [4.69, 9.17) is 4.74 Å². The van der Waals surface area contributed by atoms with Crippen LogP contribution in [0.2, 0.25) is 0 Å². The molecule has 27 heavy (non-hydrogen) atoms. The van der Waals surface area contributed by atoms with Crippen LogP contribution in [-0.4, -0.2) is 27.4 Å². The zero-order chi connectivity index (χ0) is 18.8. The van der Waals surface area contributed by atoms with Crippen molar-refractivity contribution in [2.45, 2.75) is 12.6 Å². The summed E-state index contributed by atoms with van der Waals surface area (Å²) in [7, 11) is 0. The Morgan fingerprint density at radius 2 is 1.89 bits per heavy atom. The van der Waals surface area contributed by atoms with Crippen LogP contribution < -0.4 is 10.3 Å². The van der Waals surface area contributed by atoms with Crippen molar-refractivity contribution in [2.75, 3.05) is 6.61 Å². The Balaban J connectivity index is 1.50. The fourth-order valence-electron chi connectivity index (χ4n) is 3.05. The lowest BCUT2D eigenvalue weighted by Gasteiger charge is -2.15. The monoisotopic (exact) mass is 364 g/mol. The highest BCUT2D eigenvalue weighted by Crippen LogP contribution is 2.25. The van der Waals surface area contributed by atoms with Crippen LogP contribution in [0.4, 0.5) is 4.39 Å². The van der Waals surface area contributed by atoms with Crippen molar-refractivity contribution in [3.8, 4) is 5.75 Å². The maximum atomic E-state index is 13.2. The molecule has 136 valence electrons. The van der Waals surface area contributed by atoms with Crippen molar-refractivity contribution in [3.05, 3.63) is 83.2 Å². The molecule has 0 radical (unpaired) electrons. The number of rotatable bonds is 5. The van der Waals surface area contributed by atoms with Crippen molar-refractivity contribution >= 4 is 21.7 Å². The van der Waals surface area contributed by atoms with Crippen LogP contribution in [0.3, 0.4) is 0 Å². The van der Waals surface area contributed by atoms with Crippen LogP contribution in [0.5, 0.6) is 5.75 Å². The highest BCUT2D eigenvalue weighted by atomic mass is 19.1. The van der Waals surface area contributed by atoms with E-state index >= 15 is 0 Å². The maximum Gasteiger partial charge on any atom is 0.261 e. The molecule has 5 nitrogen and oxygen atoms in total. The molecule has 1 aromatic heterocycles. The van der Waals surface area contributed by atoms with E-state index in [1.165, 1.54) is 29.1 Å². The number of benzene rings is 3.